The minimum atomic E-state index is -0.306. The molecule has 1 aromatic carbocycles. The summed E-state index contributed by atoms with van der Waals surface area (Å²) in [7, 11) is 0. The third-order valence-electron chi connectivity index (χ3n) is 2.69. The molecule has 7 nitrogen and oxygen atoms in total. The van der Waals surface area contributed by atoms with E-state index in [2.05, 4.69) is 25.9 Å². The fourth-order valence-electron chi connectivity index (χ4n) is 1.69. The van der Waals surface area contributed by atoms with Gasteiger partial charge in [0.2, 0.25) is 4.96 Å². The molecule has 21 heavy (non-hydrogen) atoms. The SMILES string of the molecule is Cc1nnc2sc(CNC(=O)Nc3ccc(Cl)cc3)nn12. The van der Waals surface area contributed by atoms with E-state index in [1.54, 1.807) is 28.8 Å². The quantitative estimate of drug-likeness (QED) is 0.776. The lowest BCUT2D eigenvalue weighted by atomic mass is 10.3. The molecule has 9 heteroatoms. The molecular formula is C12H11ClN6OS. The Labute approximate surface area is 129 Å². The second-order valence-corrected chi connectivity index (χ2v) is 5.73. The van der Waals surface area contributed by atoms with Gasteiger partial charge < -0.3 is 10.6 Å². The van der Waals surface area contributed by atoms with Crippen molar-refractivity contribution in [2.45, 2.75) is 13.5 Å². The van der Waals surface area contributed by atoms with Crippen molar-refractivity contribution in [2.75, 3.05) is 5.32 Å². The predicted octanol–water partition coefficient (Wildman–Crippen LogP) is 2.47. The second kappa shape index (κ2) is 5.66. The lowest BCUT2D eigenvalue weighted by Gasteiger charge is -2.05. The summed E-state index contributed by atoms with van der Waals surface area (Å²) in [5.41, 5.74) is 0.672. The average molecular weight is 323 g/mol. The highest BCUT2D eigenvalue weighted by atomic mass is 35.5. The minimum Gasteiger partial charge on any atom is -0.331 e. The first-order valence-corrected chi connectivity index (χ1v) is 7.29. The summed E-state index contributed by atoms with van der Waals surface area (Å²) >= 11 is 7.17. The number of nitrogens with zero attached hydrogens (tertiary/aromatic N) is 4. The van der Waals surface area contributed by atoms with E-state index in [0.29, 0.717) is 22.2 Å². The number of anilines is 1. The Bertz CT molecular complexity index is 781. The van der Waals surface area contributed by atoms with Crippen LogP contribution in [0.1, 0.15) is 10.8 Å². The van der Waals surface area contributed by atoms with Gasteiger partial charge in [-0.2, -0.15) is 9.61 Å². The summed E-state index contributed by atoms with van der Waals surface area (Å²) in [4.78, 5) is 12.5. The van der Waals surface area contributed by atoms with Crippen LogP contribution in [0.3, 0.4) is 0 Å². The lowest BCUT2D eigenvalue weighted by molar-refractivity contribution is 0.251. The fourth-order valence-corrected chi connectivity index (χ4v) is 2.63. The van der Waals surface area contributed by atoms with Crippen LogP contribution in [0, 0.1) is 6.92 Å². The van der Waals surface area contributed by atoms with Gasteiger partial charge in [-0.15, -0.1) is 10.2 Å². The number of nitrogens with one attached hydrogen (secondary N) is 2. The Balaban J connectivity index is 1.59. The highest BCUT2D eigenvalue weighted by Crippen LogP contribution is 2.14. The Hall–Kier alpha value is -2.19. The highest BCUT2D eigenvalue weighted by molar-refractivity contribution is 7.16. The molecule has 0 fully saturated rings. The highest BCUT2D eigenvalue weighted by Gasteiger charge is 2.09. The van der Waals surface area contributed by atoms with Gasteiger partial charge in [0, 0.05) is 10.7 Å². The first-order valence-electron chi connectivity index (χ1n) is 6.10. The van der Waals surface area contributed by atoms with Crippen molar-refractivity contribution < 1.29 is 4.79 Å². The van der Waals surface area contributed by atoms with Crippen LogP contribution in [0.4, 0.5) is 10.5 Å². The molecule has 0 aliphatic rings. The monoisotopic (exact) mass is 322 g/mol. The van der Waals surface area contributed by atoms with Crippen molar-refractivity contribution in [1.29, 1.82) is 0 Å². The van der Waals surface area contributed by atoms with E-state index in [-0.39, 0.29) is 6.03 Å². The number of hydrogen-bond donors (Lipinski definition) is 2. The largest absolute Gasteiger partial charge is 0.331 e. The van der Waals surface area contributed by atoms with Gasteiger partial charge in [-0.3, -0.25) is 0 Å². The second-order valence-electron chi connectivity index (χ2n) is 4.25. The smallest absolute Gasteiger partial charge is 0.319 e. The van der Waals surface area contributed by atoms with Gasteiger partial charge in [-0.1, -0.05) is 22.9 Å². The normalized spacial score (nSPS) is 10.8. The molecule has 0 unspecified atom stereocenters. The molecule has 3 rings (SSSR count). The fraction of sp³-hybridized carbons (Fsp3) is 0.167. The zero-order chi connectivity index (χ0) is 14.8. The maximum absolute atomic E-state index is 11.8. The minimum absolute atomic E-state index is 0.306. The van der Waals surface area contributed by atoms with Gasteiger partial charge in [-0.25, -0.2) is 4.79 Å². The molecule has 2 amide bonds. The summed E-state index contributed by atoms with van der Waals surface area (Å²) < 4.78 is 1.65. The number of aryl methyl sites for hydroxylation is 1. The number of carbonyl (C=O) groups is 1. The summed E-state index contributed by atoms with van der Waals surface area (Å²) in [6.45, 7) is 2.15. The lowest BCUT2D eigenvalue weighted by Crippen LogP contribution is -2.28. The van der Waals surface area contributed by atoms with Crippen LogP contribution < -0.4 is 10.6 Å². The van der Waals surface area contributed by atoms with E-state index < -0.39 is 0 Å². The number of urea groups is 1. The molecule has 2 aromatic heterocycles. The van der Waals surface area contributed by atoms with Gasteiger partial charge >= 0.3 is 6.03 Å². The Morgan fingerprint density at radius 2 is 2.10 bits per heavy atom. The van der Waals surface area contributed by atoms with Crippen LogP contribution in [0.5, 0.6) is 0 Å². The third-order valence-corrected chi connectivity index (χ3v) is 3.84. The predicted molar refractivity (Wildman–Crippen MR) is 80.7 cm³/mol. The molecule has 0 saturated heterocycles. The zero-order valence-corrected chi connectivity index (χ0v) is 12.6. The van der Waals surface area contributed by atoms with Crippen LogP contribution in [-0.4, -0.2) is 25.8 Å². The van der Waals surface area contributed by atoms with Crippen molar-refractivity contribution in [3.05, 3.63) is 40.1 Å². The summed E-state index contributed by atoms with van der Waals surface area (Å²) in [6, 6.07) is 6.58. The zero-order valence-electron chi connectivity index (χ0n) is 11.0. The molecule has 108 valence electrons. The molecule has 0 saturated carbocycles. The van der Waals surface area contributed by atoms with Crippen molar-refractivity contribution in [2.24, 2.45) is 0 Å². The number of carbonyl (C=O) groups excluding carboxylic acids is 1. The van der Waals surface area contributed by atoms with Gasteiger partial charge in [0.1, 0.15) is 5.01 Å². The van der Waals surface area contributed by atoms with Crippen LogP contribution in [-0.2, 0) is 6.54 Å². The molecule has 0 radical (unpaired) electrons. The van der Waals surface area contributed by atoms with Crippen LogP contribution in [0.2, 0.25) is 5.02 Å². The Kier molecular flexibility index (Phi) is 3.72. The summed E-state index contributed by atoms with van der Waals surface area (Å²) in [5.74, 6) is 0.720. The molecule has 0 atom stereocenters. The van der Waals surface area contributed by atoms with E-state index >= 15 is 0 Å². The van der Waals surface area contributed by atoms with Crippen LogP contribution >= 0.6 is 22.9 Å². The third kappa shape index (κ3) is 3.11. The van der Waals surface area contributed by atoms with Gasteiger partial charge in [0.05, 0.1) is 6.54 Å². The van der Waals surface area contributed by atoms with Gasteiger partial charge in [0.15, 0.2) is 5.82 Å². The van der Waals surface area contributed by atoms with Crippen molar-refractivity contribution >= 4 is 39.6 Å². The number of halogens is 1. The molecule has 2 N–H and O–H groups in total. The van der Waals surface area contributed by atoms with E-state index in [1.165, 1.54) is 11.3 Å². The molecule has 3 aromatic rings. The number of fused-ring (bicyclic) bond motifs is 1. The van der Waals surface area contributed by atoms with E-state index in [0.717, 1.165) is 10.8 Å². The number of benzene rings is 1. The van der Waals surface area contributed by atoms with Crippen LogP contribution in [0.25, 0.3) is 4.96 Å². The molecule has 0 spiro atoms. The maximum Gasteiger partial charge on any atom is 0.319 e. The number of aromatic nitrogens is 4. The maximum atomic E-state index is 11.8. The molecule has 0 bridgehead atoms. The number of amides is 2. The van der Waals surface area contributed by atoms with Crippen molar-refractivity contribution in [3.63, 3.8) is 0 Å². The summed E-state index contributed by atoms with van der Waals surface area (Å²) in [5, 5.41) is 19.0. The molecule has 0 aliphatic carbocycles. The first-order chi connectivity index (χ1) is 10.1. The standard InChI is InChI=1S/C12H11ClN6OS/c1-7-16-17-12-19(7)18-10(21-12)6-14-11(20)15-9-4-2-8(13)3-5-9/h2-5H,6H2,1H3,(H2,14,15,20). The van der Waals surface area contributed by atoms with E-state index in [4.69, 9.17) is 11.6 Å². The van der Waals surface area contributed by atoms with Crippen molar-refractivity contribution in [3.8, 4) is 0 Å². The summed E-state index contributed by atoms with van der Waals surface area (Å²) in [6.07, 6.45) is 0. The van der Waals surface area contributed by atoms with Gasteiger partial charge in [-0.05, 0) is 31.2 Å². The van der Waals surface area contributed by atoms with Crippen molar-refractivity contribution in [1.82, 2.24) is 25.1 Å². The Morgan fingerprint density at radius 1 is 1.33 bits per heavy atom. The average Bonchev–Trinajstić information content (AvgIpc) is 3.02. The van der Waals surface area contributed by atoms with Gasteiger partial charge in [0.25, 0.3) is 0 Å². The van der Waals surface area contributed by atoms with Crippen LogP contribution in [0.15, 0.2) is 24.3 Å². The Morgan fingerprint density at radius 3 is 2.81 bits per heavy atom. The molecule has 0 aliphatic heterocycles. The first kappa shape index (κ1) is 13.8. The molecular weight excluding hydrogens is 312 g/mol. The topological polar surface area (TPSA) is 84.2 Å². The number of hydrogen-bond acceptors (Lipinski definition) is 5. The number of rotatable bonds is 3. The van der Waals surface area contributed by atoms with E-state index in [9.17, 15) is 4.79 Å². The van der Waals surface area contributed by atoms with E-state index in [1.807, 2.05) is 6.92 Å². The molecule has 2 heterocycles.